The quantitative estimate of drug-likeness (QED) is 0.719. The molecule has 3 nitrogen and oxygen atoms in total. The van der Waals surface area contributed by atoms with Crippen molar-refractivity contribution in [1.29, 1.82) is 0 Å². The Kier molecular flexibility index (Phi) is 5.61. The second-order valence-electron chi connectivity index (χ2n) is 4.10. The summed E-state index contributed by atoms with van der Waals surface area (Å²) in [6, 6.07) is 4.47. The summed E-state index contributed by atoms with van der Waals surface area (Å²) < 4.78 is 13.3. The van der Waals surface area contributed by atoms with E-state index in [0.29, 0.717) is 6.54 Å². The molecule has 0 spiro atoms. The molecule has 17 heavy (non-hydrogen) atoms. The third-order valence-corrected chi connectivity index (χ3v) is 2.73. The second-order valence-corrected chi connectivity index (χ2v) is 4.10. The van der Waals surface area contributed by atoms with E-state index in [1.54, 1.807) is 6.07 Å². The lowest BCUT2D eigenvalue weighted by molar-refractivity contribution is 0.280. The topological polar surface area (TPSA) is 43.7 Å². The first-order valence-electron chi connectivity index (χ1n) is 5.95. The van der Waals surface area contributed by atoms with E-state index in [2.05, 4.69) is 18.7 Å². The van der Waals surface area contributed by atoms with E-state index >= 15 is 0 Å². The number of hydrogen-bond donors (Lipinski definition) is 2. The van der Waals surface area contributed by atoms with Crippen molar-refractivity contribution in [2.24, 2.45) is 0 Å². The van der Waals surface area contributed by atoms with Crippen LogP contribution >= 0.6 is 0 Å². The molecule has 0 radical (unpaired) electrons. The van der Waals surface area contributed by atoms with Gasteiger partial charge in [-0.1, -0.05) is 26.0 Å². The van der Waals surface area contributed by atoms with Crippen LogP contribution in [0.2, 0.25) is 0 Å². The van der Waals surface area contributed by atoms with E-state index in [0.717, 1.165) is 25.1 Å². The summed E-state index contributed by atoms with van der Waals surface area (Å²) >= 11 is 0. The zero-order valence-corrected chi connectivity index (χ0v) is 10.4. The van der Waals surface area contributed by atoms with Crippen LogP contribution in [-0.2, 0) is 6.54 Å². The van der Waals surface area contributed by atoms with Crippen molar-refractivity contribution in [3.8, 4) is 0 Å². The van der Waals surface area contributed by atoms with Gasteiger partial charge < -0.3 is 10.0 Å². The van der Waals surface area contributed by atoms with Gasteiger partial charge in [-0.15, -0.1) is 0 Å². The fourth-order valence-electron chi connectivity index (χ4n) is 1.81. The molecule has 0 amide bonds. The van der Waals surface area contributed by atoms with Gasteiger partial charge in [-0.25, -0.2) is 4.39 Å². The molecule has 1 rings (SSSR count). The van der Waals surface area contributed by atoms with Gasteiger partial charge in [-0.2, -0.15) is 0 Å². The lowest BCUT2D eigenvalue weighted by Gasteiger charge is -2.20. The van der Waals surface area contributed by atoms with Crippen molar-refractivity contribution in [3.05, 3.63) is 29.6 Å². The Labute approximate surface area is 102 Å². The molecule has 2 N–H and O–H groups in total. The van der Waals surface area contributed by atoms with E-state index in [4.69, 9.17) is 10.0 Å². The first-order valence-corrected chi connectivity index (χ1v) is 5.95. The van der Waals surface area contributed by atoms with Crippen LogP contribution in [-0.4, -0.2) is 35.2 Å². The average molecular weight is 239 g/mol. The second kappa shape index (κ2) is 6.74. The Morgan fingerprint density at radius 1 is 1.29 bits per heavy atom. The maximum absolute atomic E-state index is 13.3. The molecule has 0 unspecified atom stereocenters. The molecule has 0 bridgehead atoms. The molecule has 0 saturated carbocycles. The molecule has 0 saturated heterocycles. The summed E-state index contributed by atoms with van der Waals surface area (Å²) in [4.78, 5) is 2.22. The maximum Gasteiger partial charge on any atom is 0.491 e. The van der Waals surface area contributed by atoms with Crippen LogP contribution in [0.15, 0.2) is 18.2 Å². The third kappa shape index (κ3) is 4.11. The van der Waals surface area contributed by atoms with E-state index in [9.17, 15) is 4.39 Å². The molecular weight excluding hydrogens is 220 g/mol. The average Bonchev–Trinajstić information content (AvgIpc) is 2.30. The van der Waals surface area contributed by atoms with Crippen LogP contribution in [0.3, 0.4) is 0 Å². The number of rotatable bonds is 6. The standard InChI is InChI=1S/C12H19BFNO2/c1-3-7-15(4-2)9-10-5-6-12(14)11(8-10)13(16)17/h5-6,8,16-17H,3-4,7,9H2,1-2H3. The van der Waals surface area contributed by atoms with Crippen LogP contribution in [0, 0.1) is 5.82 Å². The number of nitrogens with zero attached hydrogens (tertiary/aromatic N) is 1. The van der Waals surface area contributed by atoms with Gasteiger partial charge in [-0.05, 0) is 31.1 Å². The number of benzene rings is 1. The third-order valence-electron chi connectivity index (χ3n) is 2.73. The zero-order valence-electron chi connectivity index (χ0n) is 10.4. The van der Waals surface area contributed by atoms with Crippen molar-refractivity contribution >= 4 is 12.6 Å². The molecule has 1 aromatic rings. The van der Waals surface area contributed by atoms with Crippen molar-refractivity contribution in [2.75, 3.05) is 13.1 Å². The van der Waals surface area contributed by atoms with Gasteiger partial charge in [0.15, 0.2) is 0 Å². The van der Waals surface area contributed by atoms with Crippen LogP contribution in [0.4, 0.5) is 4.39 Å². The lowest BCUT2D eigenvalue weighted by atomic mass is 9.79. The molecule has 0 aliphatic carbocycles. The fraction of sp³-hybridized carbons (Fsp3) is 0.500. The van der Waals surface area contributed by atoms with E-state index in [-0.39, 0.29) is 5.46 Å². The van der Waals surface area contributed by atoms with Crippen LogP contribution in [0.25, 0.3) is 0 Å². The summed E-state index contributed by atoms with van der Waals surface area (Å²) in [6.45, 7) is 6.77. The van der Waals surface area contributed by atoms with Gasteiger partial charge in [0.05, 0.1) is 0 Å². The Morgan fingerprint density at radius 3 is 2.53 bits per heavy atom. The number of hydrogen-bond acceptors (Lipinski definition) is 3. The molecule has 0 aliphatic heterocycles. The summed E-state index contributed by atoms with van der Waals surface area (Å²) in [6.07, 6.45) is 1.06. The van der Waals surface area contributed by atoms with Gasteiger partial charge >= 0.3 is 7.12 Å². The summed E-state index contributed by atoms with van der Waals surface area (Å²) in [5.74, 6) is -0.581. The largest absolute Gasteiger partial charge is 0.491 e. The van der Waals surface area contributed by atoms with E-state index in [1.807, 2.05) is 0 Å². The monoisotopic (exact) mass is 239 g/mol. The lowest BCUT2D eigenvalue weighted by Crippen LogP contribution is -2.33. The molecule has 0 aromatic heterocycles. The Hall–Kier alpha value is -0.905. The molecule has 1 aromatic carbocycles. The summed E-state index contributed by atoms with van der Waals surface area (Å²) in [5.41, 5.74) is 0.833. The molecule has 0 aliphatic rings. The Balaban J connectivity index is 2.81. The highest BCUT2D eigenvalue weighted by molar-refractivity contribution is 6.58. The molecular formula is C12H19BFNO2. The SMILES string of the molecule is CCCN(CC)Cc1ccc(F)c(B(O)O)c1. The summed E-state index contributed by atoms with van der Waals surface area (Å²) in [7, 11) is -1.75. The molecule has 0 fully saturated rings. The summed E-state index contributed by atoms with van der Waals surface area (Å²) in [5, 5.41) is 18.1. The highest BCUT2D eigenvalue weighted by Gasteiger charge is 2.17. The van der Waals surface area contributed by atoms with Gasteiger partial charge in [0.25, 0.3) is 0 Å². The van der Waals surface area contributed by atoms with Crippen molar-refractivity contribution in [3.63, 3.8) is 0 Å². The minimum atomic E-state index is -1.75. The van der Waals surface area contributed by atoms with Crippen LogP contribution in [0.5, 0.6) is 0 Å². The van der Waals surface area contributed by atoms with Crippen LogP contribution in [0.1, 0.15) is 25.8 Å². The first-order chi connectivity index (χ1) is 8.08. The van der Waals surface area contributed by atoms with Crippen molar-refractivity contribution in [2.45, 2.75) is 26.8 Å². The van der Waals surface area contributed by atoms with Gasteiger partial charge in [-0.3, -0.25) is 4.90 Å². The first kappa shape index (κ1) is 14.2. The molecule has 5 heteroatoms. The normalized spacial score (nSPS) is 10.9. The molecule has 0 atom stereocenters. The predicted octanol–water partition coefficient (Wildman–Crippen LogP) is 0.737. The minimum absolute atomic E-state index is 0.0601. The van der Waals surface area contributed by atoms with Crippen LogP contribution < -0.4 is 5.46 Å². The van der Waals surface area contributed by atoms with E-state index < -0.39 is 12.9 Å². The highest BCUT2D eigenvalue weighted by Crippen LogP contribution is 2.06. The maximum atomic E-state index is 13.3. The van der Waals surface area contributed by atoms with Gasteiger partial charge in [0, 0.05) is 12.0 Å². The molecule has 0 heterocycles. The predicted molar refractivity (Wildman–Crippen MR) is 67.5 cm³/mol. The Bertz CT molecular complexity index is 360. The van der Waals surface area contributed by atoms with Gasteiger partial charge in [0.1, 0.15) is 5.82 Å². The smallest absolute Gasteiger partial charge is 0.423 e. The van der Waals surface area contributed by atoms with E-state index in [1.165, 1.54) is 12.1 Å². The van der Waals surface area contributed by atoms with Crippen molar-refractivity contribution < 1.29 is 14.4 Å². The van der Waals surface area contributed by atoms with Gasteiger partial charge in [0.2, 0.25) is 0 Å². The van der Waals surface area contributed by atoms with Crippen molar-refractivity contribution in [1.82, 2.24) is 4.90 Å². The highest BCUT2D eigenvalue weighted by atomic mass is 19.1. The Morgan fingerprint density at radius 2 is 2.00 bits per heavy atom. The fourth-order valence-corrected chi connectivity index (χ4v) is 1.81. The number of halogens is 1. The molecule has 94 valence electrons. The zero-order chi connectivity index (χ0) is 12.8. The minimum Gasteiger partial charge on any atom is -0.423 e.